The quantitative estimate of drug-likeness (QED) is 0.715. The average molecular weight is 226 g/mol. The van der Waals surface area contributed by atoms with E-state index in [1.165, 1.54) is 5.56 Å². The Morgan fingerprint density at radius 3 is 3.08 bits per heavy atom. The van der Waals surface area contributed by atoms with Gasteiger partial charge in [-0.25, -0.2) is 0 Å². The predicted octanol–water partition coefficient (Wildman–Crippen LogP) is 1.62. The number of amides is 1. The summed E-state index contributed by atoms with van der Waals surface area (Å²) in [7, 11) is 0. The van der Waals surface area contributed by atoms with Gasteiger partial charge in [0.1, 0.15) is 0 Å². The highest BCUT2D eigenvalue weighted by atomic mass is 79.9. The molecule has 0 radical (unpaired) electrons. The van der Waals surface area contributed by atoms with Gasteiger partial charge in [-0.2, -0.15) is 0 Å². The van der Waals surface area contributed by atoms with Crippen LogP contribution < -0.4 is 5.32 Å². The lowest BCUT2D eigenvalue weighted by Crippen LogP contribution is -2.30. The zero-order valence-electron chi connectivity index (χ0n) is 6.43. The van der Waals surface area contributed by atoms with Gasteiger partial charge in [-0.15, -0.1) is 0 Å². The lowest BCUT2D eigenvalue weighted by molar-refractivity contribution is -0.121. The normalized spacial score (nSPS) is 15.2. The van der Waals surface area contributed by atoms with Crippen molar-refractivity contribution in [3.05, 3.63) is 33.8 Å². The largest absolute Gasteiger partial charge is 0.352 e. The lowest BCUT2D eigenvalue weighted by atomic mass is 10.0. The maximum Gasteiger partial charge on any atom is 0.224 e. The molecule has 0 atom stereocenters. The number of rotatable bonds is 0. The van der Waals surface area contributed by atoms with Crippen LogP contribution in [0.2, 0.25) is 0 Å². The number of fused-ring (bicyclic) bond motifs is 1. The van der Waals surface area contributed by atoms with Crippen molar-refractivity contribution in [1.82, 2.24) is 5.32 Å². The number of hydrogen-bond donors (Lipinski definition) is 1. The van der Waals surface area contributed by atoms with Crippen LogP contribution in [0.25, 0.3) is 0 Å². The minimum Gasteiger partial charge on any atom is -0.352 e. The fourth-order valence-electron chi connectivity index (χ4n) is 1.39. The Bertz CT molecular complexity index is 335. The van der Waals surface area contributed by atoms with E-state index in [4.69, 9.17) is 0 Å². The summed E-state index contributed by atoms with van der Waals surface area (Å²) >= 11 is 3.45. The van der Waals surface area contributed by atoms with E-state index in [0.717, 1.165) is 10.0 Å². The molecule has 0 fully saturated rings. The fourth-order valence-corrected chi connectivity index (χ4v) is 1.94. The summed E-state index contributed by atoms with van der Waals surface area (Å²) in [5, 5.41) is 2.81. The van der Waals surface area contributed by atoms with E-state index in [1.54, 1.807) is 0 Å². The van der Waals surface area contributed by atoms with Crippen LogP contribution in [0.4, 0.5) is 0 Å². The second-order valence-corrected chi connectivity index (χ2v) is 3.69. The van der Waals surface area contributed by atoms with E-state index in [2.05, 4.69) is 21.2 Å². The first-order valence-electron chi connectivity index (χ1n) is 3.80. The average Bonchev–Trinajstić information content (AvgIpc) is 2.04. The molecule has 2 rings (SSSR count). The minimum atomic E-state index is 0.112. The van der Waals surface area contributed by atoms with Crippen molar-refractivity contribution < 1.29 is 4.79 Å². The molecule has 12 heavy (non-hydrogen) atoms. The Morgan fingerprint density at radius 1 is 1.42 bits per heavy atom. The number of nitrogens with one attached hydrogen (secondary N) is 1. The van der Waals surface area contributed by atoms with Crippen molar-refractivity contribution >= 4 is 21.8 Å². The Labute approximate surface area is 79.1 Å². The number of benzene rings is 1. The molecule has 1 aliphatic rings. The Hall–Kier alpha value is -0.830. The van der Waals surface area contributed by atoms with Crippen LogP contribution in [-0.4, -0.2) is 5.91 Å². The van der Waals surface area contributed by atoms with Gasteiger partial charge < -0.3 is 5.32 Å². The molecule has 1 aromatic carbocycles. The molecule has 0 spiro atoms. The SMILES string of the molecule is O=C1Cc2cccc(Br)c2CN1. The summed E-state index contributed by atoms with van der Waals surface area (Å²) in [6, 6.07) is 5.96. The zero-order valence-corrected chi connectivity index (χ0v) is 8.02. The van der Waals surface area contributed by atoms with E-state index >= 15 is 0 Å². The smallest absolute Gasteiger partial charge is 0.224 e. The molecule has 62 valence electrons. The highest BCUT2D eigenvalue weighted by Gasteiger charge is 2.15. The molecule has 0 unspecified atom stereocenters. The molecule has 0 aliphatic carbocycles. The summed E-state index contributed by atoms with van der Waals surface area (Å²) in [4.78, 5) is 11.0. The minimum absolute atomic E-state index is 0.112. The van der Waals surface area contributed by atoms with Crippen molar-refractivity contribution in [3.8, 4) is 0 Å². The molecule has 0 aromatic heterocycles. The summed E-state index contributed by atoms with van der Waals surface area (Å²) in [5.41, 5.74) is 2.34. The van der Waals surface area contributed by atoms with Crippen LogP contribution in [-0.2, 0) is 17.8 Å². The molecule has 1 aliphatic heterocycles. The van der Waals surface area contributed by atoms with Crippen molar-refractivity contribution in [1.29, 1.82) is 0 Å². The summed E-state index contributed by atoms with van der Waals surface area (Å²) in [5.74, 6) is 0.112. The molecule has 3 heteroatoms. The van der Waals surface area contributed by atoms with Gasteiger partial charge in [0.05, 0.1) is 6.42 Å². The number of halogens is 1. The van der Waals surface area contributed by atoms with E-state index in [-0.39, 0.29) is 5.91 Å². The third kappa shape index (κ3) is 1.25. The third-order valence-corrected chi connectivity index (χ3v) is 2.77. The molecule has 0 bridgehead atoms. The number of hydrogen-bond acceptors (Lipinski definition) is 1. The van der Waals surface area contributed by atoms with Gasteiger partial charge in [0.2, 0.25) is 5.91 Å². The van der Waals surface area contributed by atoms with Crippen molar-refractivity contribution in [2.24, 2.45) is 0 Å². The Balaban J connectivity index is 2.48. The van der Waals surface area contributed by atoms with Gasteiger partial charge in [0, 0.05) is 11.0 Å². The van der Waals surface area contributed by atoms with Gasteiger partial charge in [-0.1, -0.05) is 28.1 Å². The van der Waals surface area contributed by atoms with E-state index in [0.29, 0.717) is 13.0 Å². The van der Waals surface area contributed by atoms with Crippen LogP contribution in [0.15, 0.2) is 22.7 Å². The van der Waals surface area contributed by atoms with Crippen molar-refractivity contribution in [2.45, 2.75) is 13.0 Å². The fraction of sp³-hybridized carbons (Fsp3) is 0.222. The van der Waals surface area contributed by atoms with E-state index in [9.17, 15) is 4.79 Å². The van der Waals surface area contributed by atoms with Gasteiger partial charge in [0.15, 0.2) is 0 Å². The third-order valence-electron chi connectivity index (χ3n) is 2.03. The van der Waals surface area contributed by atoms with Crippen LogP contribution in [0.5, 0.6) is 0 Å². The summed E-state index contributed by atoms with van der Waals surface area (Å²) in [6.45, 7) is 0.648. The molecule has 1 aromatic rings. The standard InChI is InChI=1S/C9H8BrNO/c10-8-3-1-2-6-4-9(12)11-5-7(6)8/h1-3H,4-5H2,(H,11,12). The Kier molecular flexibility index (Phi) is 1.89. The van der Waals surface area contributed by atoms with E-state index < -0.39 is 0 Å². The molecular formula is C9H8BrNO. The molecular weight excluding hydrogens is 218 g/mol. The maximum atomic E-state index is 11.0. The van der Waals surface area contributed by atoms with Crippen LogP contribution in [0, 0.1) is 0 Å². The van der Waals surface area contributed by atoms with Crippen LogP contribution in [0.3, 0.4) is 0 Å². The topological polar surface area (TPSA) is 29.1 Å². The Morgan fingerprint density at radius 2 is 2.25 bits per heavy atom. The zero-order chi connectivity index (χ0) is 8.55. The highest BCUT2D eigenvalue weighted by molar-refractivity contribution is 9.10. The highest BCUT2D eigenvalue weighted by Crippen LogP contribution is 2.23. The molecule has 1 amide bonds. The first-order chi connectivity index (χ1) is 5.77. The van der Waals surface area contributed by atoms with E-state index in [1.807, 2.05) is 18.2 Å². The summed E-state index contributed by atoms with van der Waals surface area (Å²) in [6.07, 6.45) is 0.509. The van der Waals surface area contributed by atoms with Gasteiger partial charge in [0.25, 0.3) is 0 Å². The molecule has 0 saturated heterocycles. The molecule has 1 N–H and O–H groups in total. The van der Waals surface area contributed by atoms with Crippen molar-refractivity contribution in [3.63, 3.8) is 0 Å². The number of carbonyl (C=O) groups excluding carboxylic acids is 1. The molecule has 0 saturated carbocycles. The predicted molar refractivity (Wildman–Crippen MR) is 49.7 cm³/mol. The lowest BCUT2D eigenvalue weighted by Gasteiger charge is -2.17. The van der Waals surface area contributed by atoms with Gasteiger partial charge in [-0.05, 0) is 17.2 Å². The first kappa shape index (κ1) is 7.80. The summed E-state index contributed by atoms with van der Waals surface area (Å²) < 4.78 is 1.08. The monoisotopic (exact) mass is 225 g/mol. The second-order valence-electron chi connectivity index (χ2n) is 2.83. The second kappa shape index (κ2) is 2.90. The van der Waals surface area contributed by atoms with Crippen LogP contribution in [0.1, 0.15) is 11.1 Å². The van der Waals surface area contributed by atoms with Gasteiger partial charge >= 0.3 is 0 Å². The van der Waals surface area contributed by atoms with Crippen molar-refractivity contribution in [2.75, 3.05) is 0 Å². The number of carbonyl (C=O) groups is 1. The van der Waals surface area contributed by atoms with Gasteiger partial charge in [-0.3, -0.25) is 4.79 Å². The first-order valence-corrected chi connectivity index (χ1v) is 4.59. The maximum absolute atomic E-state index is 11.0. The molecule has 1 heterocycles. The van der Waals surface area contributed by atoms with Crippen LogP contribution >= 0.6 is 15.9 Å². The molecule has 2 nitrogen and oxygen atoms in total.